The number of aryl methyl sites for hydroxylation is 1. The third kappa shape index (κ3) is 2.33. The van der Waals surface area contributed by atoms with Gasteiger partial charge >= 0.3 is 0 Å². The summed E-state index contributed by atoms with van der Waals surface area (Å²) >= 11 is 0. The number of nitrogens with zero attached hydrogens (tertiary/aromatic N) is 3. The van der Waals surface area contributed by atoms with Gasteiger partial charge in [-0.2, -0.15) is 0 Å². The number of aliphatic hydroxyl groups excluding tert-OH is 1. The molecular formula is C19H25N7O4. The highest BCUT2D eigenvalue weighted by Gasteiger charge is 2.73. The van der Waals surface area contributed by atoms with Crippen molar-refractivity contribution in [3.8, 4) is 0 Å². The SMILES string of the molecule is NC1=N[C@H]2[C@H](CO)N=C(N)N3C[C@H](NC(=O)c4cccc5c4CCC5)C(O)(O)[C@]23N1. The Morgan fingerprint density at radius 1 is 1.30 bits per heavy atom. The molecule has 11 heteroatoms. The lowest BCUT2D eigenvalue weighted by Crippen LogP contribution is -2.78. The number of hydrogen-bond acceptors (Lipinski definition) is 10. The number of aliphatic imine (C=N–C) groups is 2. The van der Waals surface area contributed by atoms with Crippen LogP contribution in [-0.2, 0) is 12.8 Å². The molecule has 3 heterocycles. The zero-order valence-electron chi connectivity index (χ0n) is 16.2. The number of fused-ring (bicyclic) bond motifs is 1. The largest absolute Gasteiger partial charge is 0.394 e. The summed E-state index contributed by atoms with van der Waals surface area (Å²) in [7, 11) is 0. The maximum absolute atomic E-state index is 13.1. The van der Waals surface area contributed by atoms with E-state index in [1.54, 1.807) is 6.07 Å². The number of nitrogens with one attached hydrogen (secondary N) is 2. The van der Waals surface area contributed by atoms with Crippen LogP contribution < -0.4 is 22.1 Å². The second-order valence-corrected chi connectivity index (χ2v) is 8.25. The molecule has 5 rings (SSSR count). The molecule has 11 nitrogen and oxygen atoms in total. The number of rotatable bonds is 3. The standard InChI is InChI=1S/C19H25N7O4/c20-16-24-14-12(8-27)22-17(21)26-7-13(19(29,30)18(14,26)25-16)23-15(28)11-6-2-4-9-3-1-5-10(9)11/h2,4,6,12-14,27,29-30H,1,3,5,7-8H2,(H2,21,22)(H,23,28)(H3,20,24,25)/t12-,13-,14-,18-/m0/s1. The first-order valence-corrected chi connectivity index (χ1v) is 9.99. The van der Waals surface area contributed by atoms with Crippen LogP contribution in [0.5, 0.6) is 0 Å². The van der Waals surface area contributed by atoms with Gasteiger partial charge in [0.05, 0.1) is 6.61 Å². The van der Waals surface area contributed by atoms with Gasteiger partial charge in [-0.05, 0) is 36.5 Å². The average molecular weight is 415 g/mol. The quantitative estimate of drug-likeness (QED) is 0.254. The normalized spacial score (nSPS) is 33.2. The zero-order valence-corrected chi connectivity index (χ0v) is 16.2. The summed E-state index contributed by atoms with van der Waals surface area (Å²) < 4.78 is 0. The van der Waals surface area contributed by atoms with Gasteiger partial charge in [0.2, 0.25) is 5.79 Å². The number of aliphatic hydroxyl groups is 3. The van der Waals surface area contributed by atoms with E-state index in [1.165, 1.54) is 4.90 Å². The Morgan fingerprint density at radius 3 is 2.87 bits per heavy atom. The van der Waals surface area contributed by atoms with Crippen LogP contribution in [-0.4, -0.2) is 80.8 Å². The Kier molecular flexibility index (Phi) is 4.01. The Hall–Kier alpha value is -2.89. The van der Waals surface area contributed by atoms with E-state index in [1.807, 2.05) is 12.1 Å². The van der Waals surface area contributed by atoms with Crippen molar-refractivity contribution in [3.63, 3.8) is 0 Å². The number of carbonyl (C=O) groups is 1. The molecule has 0 bridgehead atoms. The molecule has 3 aliphatic heterocycles. The molecule has 4 atom stereocenters. The third-order valence-corrected chi connectivity index (χ3v) is 6.68. The highest BCUT2D eigenvalue weighted by molar-refractivity contribution is 5.97. The van der Waals surface area contributed by atoms with E-state index in [9.17, 15) is 20.1 Å². The fraction of sp³-hybridized carbons (Fsp3) is 0.526. The van der Waals surface area contributed by atoms with Gasteiger partial charge in [-0.1, -0.05) is 12.1 Å². The first kappa shape index (κ1) is 19.1. The summed E-state index contributed by atoms with van der Waals surface area (Å²) in [5, 5.41) is 37.8. The third-order valence-electron chi connectivity index (χ3n) is 6.68. The molecule has 1 aromatic rings. The van der Waals surface area contributed by atoms with E-state index >= 15 is 0 Å². The predicted molar refractivity (Wildman–Crippen MR) is 107 cm³/mol. The lowest BCUT2D eigenvalue weighted by molar-refractivity contribution is -0.231. The second-order valence-electron chi connectivity index (χ2n) is 8.25. The molecule has 1 aliphatic carbocycles. The van der Waals surface area contributed by atoms with Crippen molar-refractivity contribution in [2.75, 3.05) is 13.2 Å². The Balaban J connectivity index is 1.49. The number of nitrogens with two attached hydrogens (primary N) is 2. The lowest BCUT2D eigenvalue weighted by atomic mass is 9.85. The van der Waals surface area contributed by atoms with Crippen LogP contribution in [0.15, 0.2) is 28.2 Å². The van der Waals surface area contributed by atoms with E-state index < -0.39 is 36.2 Å². The maximum Gasteiger partial charge on any atom is 0.252 e. The average Bonchev–Trinajstić information content (AvgIpc) is 3.37. The van der Waals surface area contributed by atoms with Gasteiger partial charge in [-0.3, -0.25) is 4.79 Å². The highest BCUT2D eigenvalue weighted by Crippen LogP contribution is 2.44. The first-order chi connectivity index (χ1) is 14.3. The minimum Gasteiger partial charge on any atom is -0.394 e. The predicted octanol–water partition coefficient (Wildman–Crippen LogP) is -3.06. The van der Waals surface area contributed by atoms with Gasteiger partial charge in [0, 0.05) is 12.1 Å². The van der Waals surface area contributed by atoms with Crippen molar-refractivity contribution in [1.29, 1.82) is 0 Å². The lowest BCUT2D eigenvalue weighted by Gasteiger charge is -2.48. The number of guanidine groups is 2. The molecule has 1 fully saturated rings. The number of amides is 1. The monoisotopic (exact) mass is 415 g/mol. The molecule has 1 spiro atoms. The molecule has 0 radical (unpaired) electrons. The first-order valence-electron chi connectivity index (χ1n) is 9.99. The fourth-order valence-corrected chi connectivity index (χ4v) is 5.30. The van der Waals surface area contributed by atoms with E-state index in [0.717, 1.165) is 30.4 Å². The van der Waals surface area contributed by atoms with E-state index in [2.05, 4.69) is 20.6 Å². The van der Waals surface area contributed by atoms with Crippen LogP contribution in [0.1, 0.15) is 27.9 Å². The smallest absolute Gasteiger partial charge is 0.252 e. The fourth-order valence-electron chi connectivity index (χ4n) is 5.30. The van der Waals surface area contributed by atoms with Crippen LogP contribution in [0, 0.1) is 0 Å². The van der Waals surface area contributed by atoms with Crippen molar-refractivity contribution >= 4 is 17.8 Å². The topological polar surface area (TPSA) is 182 Å². The second kappa shape index (κ2) is 6.30. The van der Waals surface area contributed by atoms with Crippen molar-refractivity contribution in [3.05, 3.63) is 34.9 Å². The van der Waals surface area contributed by atoms with Crippen molar-refractivity contribution < 1.29 is 20.1 Å². The minimum atomic E-state index is -2.50. The van der Waals surface area contributed by atoms with Crippen molar-refractivity contribution in [2.24, 2.45) is 21.5 Å². The Labute approximate surface area is 172 Å². The van der Waals surface area contributed by atoms with E-state index in [0.29, 0.717) is 5.56 Å². The summed E-state index contributed by atoms with van der Waals surface area (Å²) in [6.07, 6.45) is 2.73. The molecule has 1 aromatic carbocycles. The number of carbonyl (C=O) groups excluding carboxylic acids is 1. The highest BCUT2D eigenvalue weighted by atomic mass is 16.5. The maximum atomic E-state index is 13.1. The molecular weight excluding hydrogens is 390 g/mol. The van der Waals surface area contributed by atoms with Gasteiger partial charge in [0.15, 0.2) is 17.6 Å². The van der Waals surface area contributed by atoms with Crippen molar-refractivity contribution in [1.82, 2.24) is 15.5 Å². The van der Waals surface area contributed by atoms with Crippen LogP contribution >= 0.6 is 0 Å². The summed E-state index contributed by atoms with van der Waals surface area (Å²) in [6.45, 7) is -0.420. The molecule has 9 N–H and O–H groups in total. The van der Waals surface area contributed by atoms with Gasteiger partial charge in [-0.15, -0.1) is 0 Å². The zero-order chi connectivity index (χ0) is 21.3. The molecule has 160 valence electrons. The summed E-state index contributed by atoms with van der Waals surface area (Å²) in [5.41, 5.74) is 13.0. The van der Waals surface area contributed by atoms with Gasteiger partial charge in [-0.25, -0.2) is 9.98 Å². The van der Waals surface area contributed by atoms with Crippen LogP contribution in [0.4, 0.5) is 0 Å². The number of hydrogen-bond donors (Lipinski definition) is 7. The minimum absolute atomic E-state index is 0.00697. The van der Waals surface area contributed by atoms with Gasteiger partial charge in [0.25, 0.3) is 5.91 Å². The summed E-state index contributed by atoms with van der Waals surface area (Å²) in [4.78, 5) is 23.0. The Morgan fingerprint density at radius 2 is 2.10 bits per heavy atom. The number of benzene rings is 1. The van der Waals surface area contributed by atoms with Crippen LogP contribution in [0.25, 0.3) is 0 Å². The van der Waals surface area contributed by atoms with Gasteiger partial charge < -0.3 is 42.3 Å². The Bertz CT molecular complexity index is 978. The summed E-state index contributed by atoms with van der Waals surface area (Å²) in [5.74, 6) is -2.90. The molecule has 4 aliphatic rings. The molecule has 0 aromatic heterocycles. The summed E-state index contributed by atoms with van der Waals surface area (Å²) in [6, 6.07) is 2.78. The molecule has 1 amide bonds. The molecule has 1 saturated heterocycles. The molecule has 0 saturated carbocycles. The molecule has 0 unspecified atom stereocenters. The van der Waals surface area contributed by atoms with E-state index in [4.69, 9.17) is 11.5 Å². The van der Waals surface area contributed by atoms with Crippen LogP contribution in [0.3, 0.4) is 0 Å². The van der Waals surface area contributed by atoms with Crippen molar-refractivity contribution in [2.45, 2.75) is 48.8 Å². The van der Waals surface area contributed by atoms with E-state index in [-0.39, 0.29) is 24.4 Å². The van der Waals surface area contributed by atoms with Gasteiger partial charge in [0.1, 0.15) is 18.1 Å². The van der Waals surface area contributed by atoms with Crippen LogP contribution in [0.2, 0.25) is 0 Å². The molecule has 30 heavy (non-hydrogen) atoms.